The zero-order chi connectivity index (χ0) is 21.4. The Kier molecular flexibility index (Phi) is 7.19. The number of aryl methyl sites for hydroxylation is 1. The van der Waals surface area contributed by atoms with Crippen LogP contribution in [0.15, 0.2) is 41.7 Å². The minimum Gasteiger partial charge on any atom is -0.370 e. The Bertz CT molecular complexity index is 926. The average molecular weight is 549 g/mol. The molecular weight excluding hydrogens is 522 g/mol. The molecule has 0 bridgehead atoms. The summed E-state index contributed by atoms with van der Waals surface area (Å²) in [5.41, 5.74) is 0.880. The van der Waals surface area contributed by atoms with Crippen LogP contribution < -0.4 is 5.32 Å². The zero-order valence-electron chi connectivity index (χ0n) is 17.5. The number of guanidine groups is 1. The molecular formula is C21H27F3IN5O. The summed E-state index contributed by atoms with van der Waals surface area (Å²) < 4.78 is 47.0. The molecule has 1 saturated carbocycles. The lowest BCUT2D eigenvalue weighted by atomic mass is 9.94. The molecule has 1 aliphatic carbocycles. The van der Waals surface area contributed by atoms with Crippen molar-refractivity contribution in [1.82, 2.24) is 20.0 Å². The van der Waals surface area contributed by atoms with Gasteiger partial charge in [-0.2, -0.15) is 18.3 Å². The summed E-state index contributed by atoms with van der Waals surface area (Å²) in [6.45, 7) is 2.46. The molecule has 170 valence electrons. The van der Waals surface area contributed by atoms with Gasteiger partial charge < -0.3 is 15.0 Å². The largest absolute Gasteiger partial charge is 0.416 e. The van der Waals surface area contributed by atoms with Gasteiger partial charge in [0.15, 0.2) is 5.96 Å². The third-order valence-corrected chi connectivity index (χ3v) is 5.92. The minimum atomic E-state index is -4.33. The molecule has 1 N–H and O–H groups in total. The van der Waals surface area contributed by atoms with Gasteiger partial charge >= 0.3 is 6.18 Å². The lowest BCUT2D eigenvalue weighted by Crippen LogP contribution is -2.49. The van der Waals surface area contributed by atoms with Crippen LogP contribution in [0.1, 0.15) is 35.6 Å². The molecule has 1 atom stereocenters. The fourth-order valence-electron chi connectivity index (χ4n) is 3.97. The summed E-state index contributed by atoms with van der Waals surface area (Å²) in [6, 6.07) is 5.69. The van der Waals surface area contributed by atoms with Crippen molar-refractivity contribution in [2.75, 3.05) is 33.3 Å². The number of alkyl halides is 3. The number of morpholine rings is 1. The van der Waals surface area contributed by atoms with Gasteiger partial charge in [0, 0.05) is 44.4 Å². The van der Waals surface area contributed by atoms with Crippen molar-refractivity contribution in [3.05, 3.63) is 53.3 Å². The highest BCUT2D eigenvalue weighted by atomic mass is 127. The standard InChI is InChI=1S/C21H26F3N5O.HI/c1-25-19(29-8-9-30-18(13-29)15-11-27-28(2)12-15)26-14-20(6-7-20)16-4-3-5-17(10-16)21(22,23)24;/h3-5,10-12,18H,6-9,13-14H2,1-2H3,(H,25,26);1H. The predicted molar refractivity (Wildman–Crippen MR) is 123 cm³/mol. The van der Waals surface area contributed by atoms with Crippen LogP contribution in [0.2, 0.25) is 0 Å². The number of nitrogens with one attached hydrogen (secondary N) is 1. The minimum absolute atomic E-state index is 0. The third-order valence-electron chi connectivity index (χ3n) is 5.92. The van der Waals surface area contributed by atoms with Crippen molar-refractivity contribution in [1.29, 1.82) is 0 Å². The normalized spacial score (nSPS) is 20.9. The number of rotatable bonds is 4. The Morgan fingerprint density at radius 1 is 1.35 bits per heavy atom. The van der Waals surface area contributed by atoms with E-state index in [1.807, 2.05) is 13.2 Å². The zero-order valence-corrected chi connectivity index (χ0v) is 19.9. The van der Waals surface area contributed by atoms with Crippen molar-refractivity contribution in [3.8, 4) is 0 Å². The Morgan fingerprint density at radius 2 is 2.13 bits per heavy atom. The summed E-state index contributed by atoms with van der Waals surface area (Å²) in [7, 11) is 3.59. The Balaban J connectivity index is 0.00000272. The van der Waals surface area contributed by atoms with Crippen LogP contribution in [0.4, 0.5) is 13.2 Å². The first-order valence-corrected chi connectivity index (χ1v) is 10.0. The second-order valence-electron chi connectivity index (χ2n) is 8.01. The molecule has 6 nitrogen and oxygen atoms in total. The quantitative estimate of drug-likeness (QED) is 0.359. The highest BCUT2D eigenvalue weighted by Gasteiger charge is 2.45. The van der Waals surface area contributed by atoms with Gasteiger partial charge in [-0.25, -0.2) is 0 Å². The first-order valence-electron chi connectivity index (χ1n) is 10.0. The summed E-state index contributed by atoms with van der Waals surface area (Å²) in [5, 5.41) is 7.60. The molecule has 1 aliphatic heterocycles. The van der Waals surface area contributed by atoms with Gasteiger partial charge in [0.1, 0.15) is 6.10 Å². The Hall–Kier alpha value is -1.82. The molecule has 0 radical (unpaired) electrons. The number of aliphatic imine (C=N–C) groups is 1. The van der Waals surface area contributed by atoms with E-state index in [4.69, 9.17) is 4.74 Å². The summed E-state index contributed by atoms with van der Waals surface area (Å²) >= 11 is 0. The molecule has 1 saturated heterocycles. The Labute approximate surface area is 196 Å². The summed E-state index contributed by atoms with van der Waals surface area (Å²) in [4.78, 5) is 6.53. The lowest BCUT2D eigenvalue weighted by molar-refractivity contribution is -0.137. The molecule has 0 spiro atoms. The third kappa shape index (κ3) is 5.33. The number of halogens is 4. The van der Waals surface area contributed by atoms with Crippen molar-refractivity contribution < 1.29 is 17.9 Å². The highest BCUT2D eigenvalue weighted by molar-refractivity contribution is 14.0. The number of nitrogens with zero attached hydrogens (tertiary/aromatic N) is 4. The van der Waals surface area contributed by atoms with Crippen molar-refractivity contribution >= 4 is 29.9 Å². The van der Waals surface area contributed by atoms with E-state index in [1.165, 1.54) is 12.1 Å². The first kappa shape index (κ1) is 23.8. The van der Waals surface area contributed by atoms with E-state index in [1.54, 1.807) is 24.0 Å². The maximum Gasteiger partial charge on any atom is 0.416 e. The maximum atomic E-state index is 13.1. The SMILES string of the molecule is CN=C(NCC1(c2cccc(C(F)(F)F)c2)CC1)N1CCOC(c2cnn(C)c2)C1.I. The van der Waals surface area contributed by atoms with E-state index in [0.717, 1.165) is 36.0 Å². The van der Waals surface area contributed by atoms with Crippen molar-refractivity contribution in [2.45, 2.75) is 30.5 Å². The van der Waals surface area contributed by atoms with Crippen molar-refractivity contribution in [2.24, 2.45) is 12.0 Å². The van der Waals surface area contributed by atoms with E-state index in [2.05, 4.69) is 20.3 Å². The van der Waals surface area contributed by atoms with Crippen molar-refractivity contribution in [3.63, 3.8) is 0 Å². The fraction of sp³-hybridized carbons (Fsp3) is 0.524. The van der Waals surface area contributed by atoms with Crippen LogP contribution in [0.5, 0.6) is 0 Å². The fourth-order valence-corrected chi connectivity index (χ4v) is 3.97. The molecule has 2 heterocycles. The molecule has 2 fully saturated rings. The van der Waals surface area contributed by atoms with Crippen LogP contribution in [0.3, 0.4) is 0 Å². The van der Waals surface area contributed by atoms with Crippen LogP contribution in [0.25, 0.3) is 0 Å². The molecule has 4 rings (SSSR count). The van der Waals surface area contributed by atoms with E-state index >= 15 is 0 Å². The van der Waals surface area contributed by atoms with Gasteiger partial charge in [0.2, 0.25) is 0 Å². The average Bonchev–Trinajstić information content (AvgIpc) is 3.40. The number of ether oxygens (including phenoxy) is 1. The van der Waals surface area contributed by atoms with Gasteiger partial charge in [0.05, 0.1) is 24.9 Å². The highest BCUT2D eigenvalue weighted by Crippen LogP contribution is 2.48. The van der Waals surface area contributed by atoms with Gasteiger partial charge in [-0.15, -0.1) is 24.0 Å². The smallest absolute Gasteiger partial charge is 0.370 e. The topological polar surface area (TPSA) is 54.7 Å². The predicted octanol–water partition coefficient (Wildman–Crippen LogP) is 3.74. The van der Waals surface area contributed by atoms with Gasteiger partial charge in [-0.05, 0) is 24.5 Å². The number of aromatic nitrogens is 2. The van der Waals surface area contributed by atoms with Crippen LogP contribution >= 0.6 is 24.0 Å². The molecule has 1 aromatic heterocycles. The molecule has 10 heteroatoms. The summed E-state index contributed by atoms with van der Waals surface area (Å²) in [5.74, 6) is 0.741. The summed E-state index contributed by atoms with van der Waals surface area (Å²) in [6.07, 6.45) is 1.04. The molecule has 1 unspecified atom stereocenters. The van der Waals surface area contributed by atoms with Gasteiger partial charge in [0.25, 0.3) is 0 Å². The lowest BCUT2D eigenvalue weighted by Gasteiger charge is -2.35. The number of hydrogen-bond donors (Lipinski definition) is 1. The second-order valence-corrected chi connectivity index (χ2v) is 8.01. The van der Waals surface area contributed by atoms with Crippen LogP contribution in [-0.2, 0) is 23.4 Å². The van der Waals surface area contributed by atoms with E-state index in [-0.39, 0.29) is 35.5 Å². The number of hydrogen-bond acceptors (Lipinski definition) is 3. The van der Waals surface area contributed by atoms with E-state index in [9.17, 15) is 13.2 Å². The molecule has 2 aromatic rings. The van der Waals surface area contributed by atoms with Crippen LogP contribution in [0, 0.1) is 0 Å². The molecule has 2 aliphatic rings. The molecule has 0 amide bonds. The van der Waals surface area contributed by atoms with E-state index in [0.29, 0.717) is 26.2 Å². The molecule has 1 aromatic carbocycles. The monoisotopic (exact) mass is 549 g/mol. The van der Waals surface area contributed by atoms with Gasteiger partial charge in [-0.3, -0.25) is 9.67 Å². The first-order chi connectivity index (χ1) is 14.3. The second kappa shape index (κ2) is 9.35. The molecule has 31 heavy (non-hydrogen) atoms. The van der Waals surface area contributed by atoms with Crippen LogP contribution in [-0.4, -0.2) is 53.9 Å². The Morgan fingerprint density at radius 3 is 2.74 bits per heavy atom. The maximum absolute atomic E-state index is 13.1. The number of benzene rings is 1. The van der Waals surface area contributed by atoms with E-state index < -0.39 is 11.7 Å². The van der Waals surface area contributed by atoms with Gasteiger partial charge in [-0.1, -0.05) is 18.2 Å².